The highest BCUT2D eigenvalue weighted by Gasteiger charge is 2.15. The summed E-state index contributed by atoms with van der Waals surface area (Å²) in [6.07, 6.45) is 1.87. The predicted octanol–water partition coefficient (Wildman–Crippen LogP) is 2.21. The summed E-state index contributed by atoms with van der Waals surface area (Å²) in [6.45, 7) is 6.39. The van der Waals surface area contributed by atoms with E-state index in [2.05, 4.69) is 30.7 Å². The minimum atomic E-state index is -0.0203. The van der Waals surface area contributed by atoms with E-state index in [0.717, 1.165) is 16.6 Å². The van der Waals surface area contributed by atoms with Gasteiger partial charge in [-0.3, -0.25) is 10.4 Å². The van der Waals surface area contributed by atoms with E-state index in [1.807, 2.05) is 18.3 Å². The molecule has 0 saturated heterocycles. The first-order chi connectivity index (χ1) is 7.88. The van der Waals surface area contributed by atoms with Crippen molar-refractivity contribution in [1.82, 2.24) is 9.97 Å². The van der Waals surface area contributed by atoms with Gasteiger partial charge in [-0.1, -0.05) is 20.8 Å². The van der Waals surface area contributed by atoms with E-state index < -0.39 is 0 Å². The van der Waals surface area contributed by atoms with Crippen LogP contribution in [0.5, 0.6) is 0 Å². The van der Waals surface area contributed by atoms with Crippen LogP contribution in [0.15, 0.2) is 24.4 Å². The van der Waals surface area contributed by atoms with Gasteiger partial charge in [-0.25, -0.2) is 4.98 Å². The van der Waals surface area contributed by atoms with E-state index in [4.69, 9.17) is 11.1 Å². The summed E-state index contributed by atoms with van der Waals surface area (Å²) in [7, 11) is 0. The van der Waals surface area contributed by atoms with Crippen LogP contribution < -0.4 is 5.73 Å². The Morgan fingerprint density at radius 3 is 2.53 bits per heavy atom. The molecule has 0 aliphatic carbocycles. The third-order valence-electron chi connectivity index (χ3n) is 2.68. The van der Waals surface area contributed by atoms with E-state index >= 15 is 0 Å². The molecule has 0 saturated carbocycles. The Balaban J connectivity index is 2.62. The molecule has 0 spiro atoms. The Morgan fingerprint density at radius 2 is 1.94 bits per heavy atom. The summed E-state index contributed by atoms with van der Waals surface area (Å²) >= 11 is 0. The molecule has 0 aromatic carbocycles. The third-order valence-corrected chi connectivity index (χ3v) is 2.68. The molecule has 0 radical (unpaired) electrons. The largest absolute Gasteiger partial charge is 0.382 e. The number of amidine groups is 1. The van der Waals surface area contributed by atoms with Crippen LogP contribution in [0.2, 0.25) is 0 Å². The van der Waals surface area contributed by atoms with Crippen molar-refractivity contribution in [3.8, 4) is 0 Å². The molecule has 0 fully saturated rings. The molecular formula is C13H16N4. The maximum atomic E-state index is 7.38. The summed E-state index contributed by atoms with van der Waals surface area (Å²) < 4.78 is 0. The number of pyridine rings is 2. The van der Waals surface area contributed by atoms with Crippen LogP contribution in [-0.4, -0.2) is 15.8 Å². The molecule has 0 amide bonds. The third kappa shape index (κ3) is 2.25. The van der Waals surface area contributed by atoms with E-state index in [1.54, 1.807) is 6.07 Å². The number of fused-ring (bicyclic) bond motifs is 1. The fourth-order valence-electron chi connectivity index (χ4n) is 1.57. The van der Waals surface area contributed by atoms with Crippen molar-refractivity contribution in [1.29, 1.82) is 5.41 Å². The number of aromatic nitrogens is 2. The summed E-state index contributed by atoms with van der Waals surface area (Å²) in [6, 6.07) is 5.56. The van der Waals surface area contributed by atoms with Crippen molar-refractivity contribution in [2.24, 2.45) is 5.73 Å². The monoisotopic (exact) mass is 228 g/mol. The van der Waals surface area contributed by atoms with Gasteiger partial charge in [0.15, 0.2) is 0 Å². The lowest BCUT2D eigenvalue weighted by molar-refractivity contribution is 0.588. The Morgan fingerprint density at radius 1 is 1.24 bits per heavy atom. The molecule has 88 valence electrons. The molecule has 0 unspecified atom stereocenters. The molecule has 0 atom stereocenters. The van der Waals surface area contributed by atoms with Gasteiger partial charge < -0.3 is 5.73 Å². The molecule has 17 heavy (non-hydrogen) atoms. The summed E-state index contributed by atoms with van der Waals surface area (Å²) in [4.78, 5) is 8.71. The zero-order valence-corrected chi connectivity index (χ0v) is 10.3. The van der Waals surface area contributed by atoms with Gasteiger partial charge in [0, 0.05) is 6.20 Å². The first-order valence-corrected chi connectivity index (χ1v) is 5.49. The second-order valence-corrected chi connectivity index (χ2v) is 5.12. The second-order valence-electron chi connectivity index (χ2n) is 5.12. The number of nitrogens with two attached hydrogens (primary N) is 1. The molecule has 3 N–H and O–H groups in total. The Bertz CT molecular complexity index is 581. The lowest BCUT2D eigenvalue weighted by Crippen LogP contribution is -2.14. The van der Waals surface area contributed by atoms with Crippen molar-refractivity contribution in [3.05, 3.63) is 35.7 Å². The van der Waals surface area contributed by atoms with Crippen LogP contribution >= 0.6 is 0 Å². The van der Waals surface area contributed by atoms with Crippen LogP contribution in [0.3, 0.4) is 0 Å². The quantitative estimate of drug-likeness (QED) is 0.580. The Hall–Kier alpha value is -1.97. The van der Waals surface area contributed by atoms with Crippen molar-refractivity contribution < 1.29 is 0 Å². The zero-order chi connectivity index (χ0) is 12.6. The molecule has 2 aromatic rings. The summed E-state index contributed by atoms with van der Waals surface area (Å²) in [5.74, 6) is -0.0203. The lowest BCUT2D eigenvalue weighted by Gasteiger charge is -2.18. The van der Waals surface area contributed by atoms with E-state index in [-0.39, 0.29) is 11.3 Å². The van der Waals surface area contributed by atoms with Crippen molar-refractivity contribution in [2.45, 2.75) is 26.2 Å². The van der Waals surface area contributed by atoms with Crippen LogP contribution in [0.4, 0.5) is 0 Å². The molecule has 4 nitrogen and oxygen atoms in total. The van der Waals surface area contributed by atoms with Gasteiger partial charge in [-0.2, -0.15) is 0 Å². The van der Waals surface area contributed by atoms with Gasteiger partial charge in [-0.05, 0) is 29.2 Å². The van der Waals surface area contributed by atoms with Gasteiger partial charge >= 0.3 is 0 Å². The highest BCUT2D eigenvalue weighted by Crippen LogP contribution is 2.23. The fourth-order valence-corrected chi connectivity index (χ4v) is 1.57. The molecule has 0 aliphatic heterocycles. The first kappa shape index (κ1) is 11.5. The summed E-state index contributed by atoms with van der Waals surface area (Å²) in [5, 5.41) is 7.38. The van der Waals surface area contributed by atoms with Gasteiger partial charge in [-0.15, -0.1) is 0 Å². The van der Waals surface area contributed by atoms with Gasteiger partial charge in [0.2, 0.25) is 0 Å². The second kappa shape index (κ2) is 3.80. The number of nitrogens with one attached hydrogen (secondary N) is 1. The number of nitrogen functional groups attached to an aromatic ring is 1. The number of hydrogen-bond donors (Lipinski definition) is 2. The first-order valence-electron chi connectivity index (χ1n) is 5.49. The maximum absolute atomic E-state index is 7.38. The number of rotatable bonds is 1. The minimum Gasteiger partial charge on any atom is -0.382 e. The fraction of sp³-hybridized carbons (Fsp3) is 0.308. The smallest absolute Gasteiger partial charge is 0.141 e. The minimum absolute atomic E-state index is 0.0203. The zero-order valence-electron chi connectivity index (χ0n) is 10.3. The van der Waals surface area contributed by atoms with Crippen LogP contribution in [0, 0.1) is 5.41 Å². The van der Waals surface area contributed by atoms with E-state index in [9.17, 15) is 0 Å². The average molecular weight is 228 g/mol. The van der Waals surface area contributed by atoms with E-state index in [1.165, 1.54) is 0 Å². The van der Waals surface area contributed by atoms with Crippen molar-refractivity contribution in [2.75, 3.05) is 0 Å². The molecular weight excluding hydrogens is 212 g/mol. The molecule has 2 heterocycles. The average Bonchev–Trinajstić information content (AvgIpc) is 2.26. The molecule has 2 rings (SSSR count). The molecule has 0 bridgehead atoms. The van der Waals surface area contributed by atoms with Gasteiger partial charge in [0.25, 0.3) is 0 Å². The van der Waals surface area contributed by atoms with Crippen LogP contribution in [0.25, 0.3) is 11.0 Å². The SMILES string of the molecule is CC(C)(C)c1cnc2ccc(C(=N)N)nc2c1. The van der Waals surface area contributed by atoms with Crippen LogP contribution in [0.1, 0.15) is 32.0 Å². The Labute approximate surface area is 100 Å². The molecule has 0 aliphatic rings. The lowest BCUT2D eigenvalue weighted by atomic mass is 9.88. The summed E-state index contributed by atoms with van der Waals surface area (Å²) in [5.41, 5.74) is 8.68. The van der Waals surface area contributed by atoms with Gasteiger partial charge in [0.1, 0.15) is 11.5 Å². The maximum Gasteiger partial charge on any atom is 0.141 e. The predicted molar refractivity (Wildman–Crippen MR) is 69.3 cm³/mol. The normalized spacial score (nSPS) is 11.7. The molecule has 2 aromatic heterocycles. The van der Waals surface area contributed by atoms with Crippen molar-refractivity contribution in [3.63, 3.8) is 0 Å². The Kier molecular flexibility index (Phi) is 2.58. The van der Waals surface area contributed by atoms with E-state index in [0.29, 0.717) is 5.69 Å². The van der Waals surface area contributed by atoms with Crippen molar-refractivity contribution >= 4 is 16.9 Å². The molecule has 4 heteroatoms. The standard InChI is InChI=1S/C13H16N4/c1-13(2,3)8-6-11-9(16-7-8)4-5-10(17-11)12(14)15/h4-7H,1-3H3,(H3,14,15). The number of hydrogen-bond acceptors (Lipinski definition) is 3. The number of nitrogens with zero attached hydrogens (tertiary/aromatic N) is 2. The van der Waals surface area contributed by atoms with Crippen LogP contribution in [-0.2, 0) is 5.41 Å². The topological polar surface area (TPSA) is 75.7 Å². The van der Waals surface area contributed by atoms with Gasteiger partial charge in [0.05, 0.1) is 11.0 Å². The highest BCUT2D eigenvalue weighted by atomic mass is 14.8. The highest BCUT2D eigenvalue weighted by molar-refractivity contribution is 5.95.